The van der Waals surface area contributed by atoms with E-state index >= 15 is 0 Å². The minimum atomic E-state index is 0.0402. The highest BCUT2D eigenvalue weighted by Crippen LogP contribution is 2.17. The van der Waals surface area contributed by atoms with Gasteiger partial charge in [0.2, 0.25) is 0 Å². The predicted molar refractivity (Wildman–Crippen MR) is 96.5 cm³/mol. The average Bonchev–Trinajstić information content (AvgIpc) is 3.10. The van der Waals surface area contributed by atoms with Gasteiger partial charge in [-0.25, -0.2) is 0 Å². The lowest BCUT2D eigenvalue weighted by atomic mass is 10.2. The number of hydrogen-bond acceptors (Lipinski definition) is 4. The van der Waals surface area contributed by atoms with E-state index in [-0.39, 0.29) is 5.91 Å². The molecule has 0 radical (unpaired) electrons. The van der Waals surface area contributed by atoms with Crippen LogP contribution in [0.4, 0.5) is 5.69 Å². The molecule has 23 heavy (non-hydrogen) atoms. The Hall–Kier alpha value is -1.85. The third kappa shape index (κ3) is 4.33. The molecule has 1 aromatic heterocycles. The number of anilines is 1. The van der Waals surface area contributed by atoms with Gasteiger partial charge in [0.25, 0.3) is 5.91 Å². The molecule has 0 aliphatic carbocycles. The zero-order valence-electron chi connectivity index (χ0n) is 13.5. The number of thiophene rings is 1. The second-order valence-corrected chi connectivity index (χ2v) is 6.85. The molecule has 3 rings (SSSR count). The molecule has 1 saturated heterocycles. The van der Waals surface area contributed by atoms with Gasteiger partial charge in [-0.1, -0.05) is 18.2 Å². The van der Waals surface area contributed by atoms with Gasteiger partial charge in [-0.05, 0) is 36.1 Å². The standard InChI is InChI=1S/C18H23N3OS/c1-15-4-2-5-16(14-15)21-11-9-20(10-12-21)8-7-19-18(22)17-6-3-13-23-17/h2-6,13-14H,7-12H2,1H3,(H,19,22). The van der Waals surface area contributed by atoms with Crippen LogP contribution < -0.4 is 10.2 Å². The molecule has 1 aromatic carbocycles. The summed E-state index contributed by atoms with van der Waals surface area (Å²) in [6.07, 6.45) is 0. The highest BCUT2D eigenvalue weighted by atomic mass is 32.1. The molecule has 0 bridgehead atoms. The third-order valence-corrected chi connectivity index (χ3v) is 5.07. The molecule has 122 valence electrons. The number of carbonyl (C=O) groups is 1. The Morgan fingerprint density at radius 2 is 2.00 bits per heavy atom. The summed E-state index contributed by atoms with van der Waals surface area (Å²) in [4.78, 5) is 17.5. The van der Waals surface area contributed by atoms with Crippen LogP contribution in [0.2, 0.25) is 0 Å². The number of carbonyl (C=O) groups excluding carboxylic acids is 1. The molecule has 2 aromatic rings. The molecule has 0 saturated carbocycles. The van der Waals surface area contributed by atoms with E-state index in [0.29, 0.717) is 6.54 Å². The fourth-order valence-electron chi connectivity index (χ4n) is 2.88. The van der Waals surface area contributed by atoms with E-state index in [1.165, 1.54) is 22.6 Å². The minimum absolute atomic E-state index is 0.0402. The lowest BCUT2D eigenvalue weighted by Crippen LogP contribution is -2.48. The number of amides is 1. The van der Waals surface area contributed by atoms with Crippen molar-refractivity contribution < 1.29 is 4.79 Å². The van der Waals surface area contributed by atoms with Crippen molar-refractivity contribution in [2.24, 2.45) is 0 Å². The Labute approximate surface area is 141 Å². The van der Waals surface area contributed by atoms with Gasteiger partial charge in [0.05, 0.1) is 4.88 Å². The van der Waals surface area contributed by atoms with Crippen molar-refractivity contribution in [2.45, 2.75) is 6.92 Å². The van der Waals surface area contributed by atoms with Gasteiger partial charge < -0.3 is 10.2 Å². The molecule has 1 fully saturated rings. The quantitative estimate of drug-likeness (QED) is 0.916. The molecule has 5 heteroatoms. The van der Waals surface area contributed by atoms with Crippen LogP contribution in [0.5, 0.6) is 0 Å². The van der Waals surface area contributed by atoms with Gasteiger partial charge in [-0.3, -0.25) is 9.69 Å². The number of nitrogens with one attached hydrogen (secondary N) is 1. The largest absolute Gasteiger partial charge is 0.369 e. The summed E-state index contributed by atoms with van der Waals surface area (Å²) in [6.45, 7) is 7.94. The fourth-order valence-corrected chi connectivity index (χ4v) is 3.52. The molecule has 0 atom stereocenters. The van der Waals surface area contributed by atoms with Gasteiger partial charge in [0.1, 0.15) is 0 Å². The second-order valence-electron chi connectivity index (χ2n) is 5.90. The van der Waals surface area contributed by atoms with Crippen molar-refractivity contribution in [1.29, 1.82) is 0 Å². The number of aryl methyl sites for hydroxylation is 1. The van der Waals surface area contributed by atoms with E-state index in [1.807, 2.05) is 17.5 Å². The molecular weight excluding hydrogens is 306 g/mol. The van der Waals surface area contributed by atoms with E-state index in [4.69, 9.17) is 0 Å². The first-order valence-corrected chi connectivity index (χ1v) is 8.96. The first-order valence-electron chi connectivity index (χ1n) is 8.08. The normalized spacial score (nSPS) is 15.6. The zero-order chi connectivity index (χ0) is 16.1. The smallest absolute Gasteiger partial charge is 0.261 e. The van der Waals surface area contributed by atoms with Gasteiger partial charge in [0.15, 0.2) is 0 Å². The molecular formula is C18H23N3OS. The maximum absolute atomic E-state index is 11.9. The summed E-state index contributed by atoms with van der Waals surface area (Å²) in [5.41, 5.74) is 2.62. The Bertz CT molecular complexity index is 633. The van der Waals surface area contributed by atoms with E-state index in [9.17, 15) is 4.79 Å². The highest BCUT2D eigenvalue weighted by molar-refractivity contribution is 7.12. The van der Waals surface area contributed by atoms with Gasteiger partial charge in [0, 0.05) is 45.0 Å². The first-order chi connectivity index (χ1) is 11.2. The number of rotatable bonds is 5. The fraction of sp³-hybridized carbons (Fsp3) is 0.389. The minimum Gasteiger partial charge on any atom is -0.369 e. The molecule has 0 unspecified atom stereocenters. The second kappa shape index (κ2) is 7.62. The van der Waals surface area contributed by atoms with Gasteiger partial charge in [-0.15, -0.1) is 11.3 Å². The maximum Gasteiger partial charge on any atom is 0.261 e. The van der Waals surface area contributed by atoms with E-state index in [1.54, 1.807) is 0 Å². The van der Waals surface area contributed by atoms with Crippen LogP contribution in [-0.4, -0.2) is 50.1 Å². The summed E-state index contributed by atoms with van der Waals surface area (Å²) in [5.74, 6) is 0.0402. The van der Waals surface area contributed by atoms with Crippen LogP contribution in [-0.2, 0) is 0 Å². The van der Waals surface area contributed by atoms with Crippen LogP contribution in [0.1, 0.15) is 15.2 Å². The molecule has 0 spiro atoms. The summed E-state index contributed by atoms with van der Waals surface area (Å²) < 4.78 is 0. The lowest BCUT2D eigenvalue weighted by molar-refractivity contribution is 0.0952. The topological polar surface area (TPSA) is 35.6 Å². The molecule has 2 heterocycles. The van der Waals surface area contributed by atoms with Crippen LogP contribution in [0.3, 0.4) is 0 Å². The van der Waals surface area contributed by atoms with Crippen molar-refractivity contribution in [3.8, 4) is 0 Å². The van der Waals surface area contributed by atoms with Crippen molar-refractivity contribution in [3.05, 3.63) is 52.2 Å². The summed E-state index contributed by atoms with van der Waals surface area (Å²) in [7, 11) is 0. The van der Waals surface area contributed by atoms with E-state index in [0.717, 1.165) is 37.6 Å². The number of piperazine rings is 1. The maximum atomic E-state index is 11.9. The Morgan fingerprint density at radius 1 is 1.17 bits per heavy atom. The van der Waals surface area contributed by atoms with Crippen LogP contribution in [0.15, 0.2) is 41.8 Å². The van der Waals surface area contributed by atoms with E-state index < -0.39 is 0 Å². The zero-order valence-corrected chi connectivity index (χ0v) is 14.3. The number of nitrogens with zero attached hydrogens (tertiary/aromatic N) is 2. The number of hydrogen-bond donors (Lipinski definition) is 1. The molecule has 1 aliphatic rings. The lowest BCUT2D eigenvalue weighted by Gasteiger charge is -2.36. The number of benzene rings is 1. The molecule has 1 N–H and O–H groups in total. The molecule has 1 amide bonds. The van der Waals surface area contributed by atoms with Crippen LogP contribution in [0.25, 0.3) is 0 Å². The Morgan fingerprint density at radius 3 is 2.70 bits per heavy atom. The highest BCUT2D eigenvalue weighted by Gasteiger charge is 2.17. The molecule has 4 nitrogen and oxygen atoms in total. The van der Waals surface area contributed by atoms with Crippen molar-refractivity contribution >= 4 is 22.9 Å². The third-order valence-electron chi connectivity index (χ3n) is 4.20. The Kier molecular flexibility index (Phi) is 5.31. The monoisotopic (exact) mass is 329 g/mol. The Balaban J connectivity index is 1.40. The average molecular weight is 329 g/mol. The first kappa shape index (κ1) is 16.0. The summed E-state index contributed by atoms with van der Waals surface area (Å²) in [6, 6.07) is 12.5. The van der Waals surface area contributed by atoms with Crippen molar-refractivity contribution in [2.75, 3.05) is 44.2 Å². The van der Waals surface area contributed by atoms with Crippen molar-refractivity contribution in [3.63, 3.8) is 0 Å². The van der Waals surface area contributed by atoms with Crippen LogP contribution >= 0.6 is 11.3 Å². The summed E-state index contributed by atoms with van der Waals surface area (Å²) >= 11 is 1.48. The predicted octanol–water partition coefficient (Wildman–Crippen LogP) is 2.61. The van der Waals surface area contributed by atoms with Gasteiger partial charge >= 0.3 is 0 Å². The van der Waals surface area contributed by atoms with Crippen LogP contribution in [0, 0.1) is 6.92 Å². The van der Waals surface area contributed by atoms with Gasteiger partial charge in [-0.2, -0.15) is 0 Å². The summed E-state index contributed by atoms with van der Waals surface area (Å²) in [5, 5.41) is 4.93. The van der Waals surface area contributed by atoms with Crippen molar-refractivity contribution in [1.82, 2.24) is 10.2 Å². The molecule has 1 aliphatic heterocycles. The van der Waals surface area contributed by atoms with E-state index in [2.05, 4.69) is 46.3 Å². The SMILES string of the molecule is Cc1cccc(N2CCN(CCNC(=O)c3cccs3)CC2)c1.